The highest BCUT2D eigenvalue weighted by atomic mass is 32.2. The van der Waals surface area contributed by atoms with E-state index in [9.17, 15) is 18.3 Å². The van der Waals surface area contributed by atoms with Crippen LogP contribution in [0, 0.1) is 30.1 Å². The number of likely N-dealkylation sites (N-methyl/N-ethyl adjacent to an activating group) is 1. The van der Waals surface area contributed by atoms with Gasteiger partial charge in [-0.25, -0.2) is 13.4 Å². The normalized spacial score (nSPS) is 28.5. The van der Waals surface area contributed by atoms with Crippen LogP contribution in [-0.4, -0.2) is 49.0 Å². The minimum atomic E-state index is -3.74. The molecule has 4 rings (SSSR count). The lowest BCUT2D eigenvalue weighted by Crippen LogP contribution is -2.53. The maximum atomic E-state index is 13.0. The van der Waals surface area contributed by atoms with Gasteiger partial charge in [0, 0.05) is 30.3 Å². The molecule has 1 heterocycles. The summed E-state index contributed by atoms with van der Waals surface area (Å²) in [6.45, 7) is 12.3. The quantitative estimate of drug-likeness (QED) is 0.509. The molecular formula is C27H37N3O4S2. The number of hydrogen-bond donors (Lipinski definition) is 2. The Morgan fingerprint density at radius 2 is 2.06 bits per heavy atom. The second-order valence-corrected chi connectivity index (χ2v) is 13.6. The highest BCUT2D eigenvalue weighted by molar-refractivity contribution is 7.93. The highest BCUT2D eigenvalue weighted by Crippen LogP contribution is 2.57. The number of aliphatic hydroxyl groups is 1. The SMILES string of the molecule is C=CCN(C)C(=O)[C@@H](C)[C@@H]1CC[C@@]2(C)Cc3sc(NS(=O)(=O)c4ccc(C)cc4)nc3[C@@H](C)[C@@H]2[C@H]1O. The number of carbonyl (C=O) groups excluding carboxylic acids is 1. The number of hydrogen-bond acceptors (Lipinski definition) is 6. The summed E-state index contributed by atoms with van der Waals surface area (Å²) in [6.07, 6.45) is 3.48. The van der Waals surface area contributed by atoms with Crippen molar-refractivity contribution in [1.29, 1.82) is 0 Å². The summed E-state index contributed by atoms with van der Waals surface area (Å²) in [5.41, 5.74) is 1.70. The fourth-order valence-corrected chi connectivity index (χ4v) is 8.79. The summed E-state index contributed by atoms with van der Waals surface area (Å²) in [6, 6.07) is 6.73. The molecule has 0 spiro atoms. The molecule has 1 aromatic carbocycles. The summed E-state index contributed by atoms with van der Waals surface area (Å²) in [4.78, 5) is 20.6. The van der Waals surface area contributed by atoms with Crippen molar-refractivity contribution < 1.29 is 18.3 Å². The Balaban J connectivity index is 1.57. The molecule has 0 unspecified atom stereocenters. The predicted octanol–water partition coefficient (Wildman–Crippen LogP) is 4.59. The zero-order chi connectivity index (χ0) is 26.4. The van der Waals surface area contributed by atoms with Gasteiger partial charge in [0.15, 0.2) is 5.13 Å². The monoisotopic (exact) mass is 531 g/mol. The zero-order valence-electron chi connectivity index (χ0n) is 21.7. The molecule has 6 atom stereocenters. The standard InChI is InChI=1S/C27H37N3O4S2/c1-7-14-30(6)25(32)17(3)20-12-13-27(5)15-21-23(18(4)22(27)24(20)31)28-26(35-21)29-36(33,34)19-10-8-16(2)9-11-19/h7-11,17-18,20,22,24,31H,1,12-15H2,2-6H3,(H,28,29)/t17-,18-,20-,22+,24-,27-/m0/s1. The average molecular weight is 532 g/mol. The second-order valence-electron chi connectivity index (χ2n) is 10.9. The van der Waals surface area contributed by atoms with Crippen LogP contribution in [0.5, 0.6) is 0 Å². The summed E-state index contributed by atoms with van der Waals surface area (Å²) < 4.78 is 28.5. The van der Waals surface area contributed by atoms with Crippen LogP contribution in [0.15, 0.2) is 41.8 Å². The number of thiazole rings is 1. The van der Waals surface area contributed by atoms with E-state index < -0.39 is 16.1 Å². The Morgan fingerprint density at radius 1 is 1.39 bits per heavy atom. The fourth-order valence-electron chi connectivity index (χ4n) is 6.30. The smallest absolute Gasteiger partial charge is 0.263 e. The number of aromatic nitrogens is 1. The van der Waals surface area contributed by atoms with Gasteiger partial charge in [0.2, 0.25) is 5.91 Å². The van der Waals surface area contributed by atoms with E-state index in [1.807, 2.05) is 13.8 Å². The first-order chi connectivity index (χ1) is 16.9. The first kappa shape index (κ1) is 26.8. The molecule has 1 aromatic heterocycles. The van der Waals surface area contributed by atoms with Gasteiger partial charge in [-0.05, 0) is 55.6 Å². The molecule has 0 bridgehead atoms. The van der Waals surface area contributed by atoms with Crippen molar-refractivity contribution in [2.75, 3.05) is 18.3 Å². The van der Waals surface area contributed by atoms with Crippen LogP contribution >= 0.6 is 11.3 Å². The fraction of sp³-hybridized carbons (Fsp3) is 0.556. The van der Waals surface area contributed by atoms with Gasteiger partial charge in [-0.15, -0.1) is 17.9 Å². The van der Waals surface area contributed by atoms with Crippen molar-refractivity contribution in [3.8, 4) is 0 Å². The topological polar surface area (TPSA) is 99.6 Å². The van der Waals surface area contributed by atoms with Crippen molar-refractivity contribution in [2.45, 2.75) is 63.9 Å². The van der Waals surface area contributed by atoms with Crippen LogP contribution in [0.2, 0.25) is 0 Å². The molecule has 1 amide bonds. The maximum Gasteiger partial charge on any atom is 0.263 e. The van der Waals surface area contributed by atoms with Gasteiger partial charge in [0.05, 0.1) is 16.7 Å². The average Bonchev–Trinajstić information content (AvgIpc) is 3.19. The van der Waals surface area contributed by atoms with E-state index in [1.54, 1.807) is 42.3 Å². The highest BCUT2D eigenvalue weighted by Gasteiger charge is 2.54. The molecule has 1 fully saturated rings. The first-order valence-electron chi connectivity index (χ1n) is 12.5. The number of aliphatic hydroxyl groups excluding tert-OH is 1. The van der Waals surface area contributed by atoms with E-state index in [4.69, 9.17) is 4.98 Å². The van der Waals surface area contributed by atoms with E-state index in [-0.39, 0.29) is 39.9 Å². The van der Waals surface area contributed by atoms with Crippen molar-refractivity contribution in [1.82, 2.24) is 9.88 Å². The molecule has 2 aromatic rings. The van der Waals surface area contributed by atoms with Gasteiger partial charge in [-0.1, -0.05) is 44.5 Å². The Bertz CT molecular complexity index is 1240. The van der Waals surface area contributed by atoms with E-state index in [0.717, 1.165) is 35.4 Å². The molecule has 9 heteroatoms. The molecule has 0 radical (unpaired) electrons. The number of carbonyl (C=O) groups is 1. The molecule has 0 aliphatic heterocycles. The lowest BCUT2D eigenvalue weighted by Gasteiger charge is -2.53. The summed E-state index contributed by atoms with van der Waals surface area (Å²) in [7, 11) is -1.97. The van der Waals surface area contributed by atoms with Gasteiger partial charge in [-0.3, -0.25) is 9.52 Å². The van der Waals surface area contributed by atoms with Crippen LogP contribution < -0.4 is 4.72 Å². The zero-order valence-corrected chi connectivity index (χ0v) is 23.3. The maximum absolute atomic E-state index is 13.0. The number of nitrogens with one attached hydrogen (secondary N) is 1. The van der Waals surface area contributed by atoms with Gasteiger partial charge >= 0.3 is 0 Å². The van der Waals surface area contributed by atoms with Crippen LogP contribution in [0.4, 0.5) is 5.13 Å². The molecular weight excluding hydrogens is 494 g/mol. The third-order valence-electron chi connectivity index (χ3n) is 8.29. The van der Waals surface area contributed by atoms with E-state index in [2.05, 4.69) is 25.1 Å². The van der Waals surface area contributed by atoms with E-state index in [1.165, 1.54) is 11.3 Å². The van der Waals surface area contributed by atoms with Crippen molar-refractivity contribution in [3.63, 3.8) is 0 Å². The molecule has 2 N–H and O–H groups in total. The molecule has 36 heavy (non-hydrogen) atoms. The Kier molecular flexibility index (Phi) is 7.38. The van der Waals surface area contributed by atoms with Crippen LogP contribution in [-0.2, 0) is 21.2 Å². The van der Waals surface area contributed by atoms with E-state index >= 15 is 0 Å². The minimum Gasteiger partial charge on any atom is -0.392 e. The molecule has 196 valence electrons. The number of nitrogens with zero attached hydrogens (tertiary/aromatic N) is 2. The minimum absolute atomic E-state index is 0.0214. The van der Waals surface area contributed by atoms with Gasteiger partial charge in [-0.2, -0.15) is 0 Å². The number of aryl methyl sites for hydroxylation is 1. The lowest BCUT2D eigenvalue weighted by atomic mass is 9.53. The summed E-state index contributed by atoms with van der Waals surface area (Å²) in [5.74, 6) is -0.528. The van der Waals surface area contributed by atoms with Gasteiger partial charge in [0.1, 0.15) is 0 Å². The van der Waals surface area contributed by atoms with Crippen LogP contribution in [0.1, 0.15) is 55.7 Å². The largest absolute Gasteiger partial charge is 0.392 e. The Labute approximate surface area is 218 Å². The molecule has 0 saturated heterocycles. The molecule has 2 aliphatic rings. The van der Waals surface area contributed by atoms with Crippen molar-refractivity contribution >= 4 is 32.4 Å². The van der Waals surface area contributed by atoms with Gasteiger partial charge in [0.25, 0.3) is 10.0 Å². The van der Waals surface area contributed by atoms with Crippen molar-refractivity contribution in [3.05, 3.63) is 53.1 Å². The predicted molar refractivity (Wildman–Crippen MR) is 144 cm³/mol. The molecule has 1 saturated carbocycles. The third kappa shape index (κ3) is 4.85. The first-order valence-corrected chi connectivity index (χ1v) is 14.8. The summed E-state index contributed by atoms with van der Waals surface area (Å²) >= 11 is 1.39. The third-order valence-corrected chi connectivity index (χ3v) is 10.8. The number of benzene rings is 1. The number of sulfonamides is 1. The second kappa shape index (κ2) is 9.91. The van der Waals surface area contributed by atoms with Gasteiger partial charge < -0.3 is 10.0 Å². The summed E-state index contributed by atoms with van der Waals surface area (Å²) in [5, 5.41) is 12.0. The Hall–Kier alpha value is -2.23. The van der Waals surface area contributed by atoms with Crippen molar-refractivity contribution in [2.24, 2.45) is 23.2 Å². The van der Waals surface area contributed by atoms with Crippen LogP contribution in [0.3, 0.4) is 0 Å². The number of rotatable bonds is 7. The Morgan fingerprint density at radius 3 is 2.69 bits per heavy atom. The lowest BCUT2D eigenvalue weighted by molar-refractivity contribution is -0.143. The number of anilines is 1. The van der Waals surface area contributed by atoms with E-state index in [0.29, 0.717) is 11.7 Å². The number of amides is 1. The molecule has 2 aliphatic carbocycles. The number of fused-ring (bicyclic) bond motifs is 2. The van der Waals surface area contributed by atoms with Crippen LogP contribution in [0.25, 0.3) is 0 Å². The molecule has 7 nitrogen and oxygen atoms in total.